The lowest BCUT2D eigenvalue weighted by molar-refractivity contribution is 0.0590. The standard InChI is InChI=1S/C32H38N4O/c1-4-25(3)30(36(21-11-20-33)32(37)28-18-16-24(2)17-19-28)31-34-29(27-14-9-6-10-15-27)23-35(31)22-26-12-7-5-8-13-26/h5-10,12-19,23,25,30H,4,11,20-22,33H2,1-3H3/t25-,30-/m1/s1. The Kier molecular flexibility index (Phi) is 8.91. The summed E-state index contributed by atoms with van der Waals surface area (Å²) >= 11 is 0. The Balaban J connectivity index is 1.83. The van der Waals surface area contributed by atoms with Gasteiger partial charge in [0, 0.05) is 30.4 Å². The van der Waals surface area contributed by atoms with E-state index in [4.69, 9.17) is 10.7 Å². The first-order valence-corrected chi connectivity index (χ1v) is 13.3. The molecule has 0 saturated heterocycles. The summed E-state index contributed by atoms with van der Waals surface area (Å²) < 4.78 is 2.23. The fraction of sp³-hybridized carbons (Fsp3) is 0.312. The third kappa shape index (κ3) is 6.36. The Bertz CT molecular complexity index is 1270. The molecule has 0 aliphatic carbocycles. The number of benzene rings is 3. The maximum absolute atomic E-state index is 14.0. The smallest absolute Gasteiger partial charge is 0.254 e. The summed E-state index contributed by atoms with van der Waals surface area (Å²) in [5.74, 6) is 1.14. The van der Waals surface area contributed by atoms with Crippen molar-refractivity contribution in [2.75, 3.05) is 13.1 Å². The van der Waals surface area contributed by atoms with Crippen molar-refractivity contribution in [2.24, 2.45) is 11.7 Å². The van der Waals surface area contributed by atoms with E-state index in [-0.39, 0.29) is 17.9 Å². The van der Waals surface area contributed by atoms with Gasteiger partial charge in [-0.25, -0.2) is 4.98 Å². The van der Waals surface area contributed by atoms with Gasteiger partial charge < -0.3 is 15.2 Å². The number of carbonyl (C=O) groups excluding carboxylic acids is 1. The van der Waals surface area contributed by atoms with Crippen LogP contribution in [0.3, 0.4) is 0 Å². The molecule has 0 saturated carbocycles. The molecule has 0 aliphatic rings. The summed E-state index contributed by atoms with van der Waals surface area (Å²) in [5, 5.41) is 0. The topological polar surface area (TPSA) is 64.2 Å². The number of nitrogens with two attached hydrogens (primary N) is 1. The Morgan fingerprint density at radius 3 is 2.24 bits per heavy atom. The average molecular weight is 495 g/mol. The van der Waals surface area contributed by atoms with Crippen LogP contribution in [0.4, 0.5) is 0 Å². The minimum absolute atomic E-state index is 0.0225. The number of amides is 1. The second kappa shape index (κ2) is 12.5. The first-order valence-electron chi connectivity index (χ1n) is 13.3. The van der Waals surface area contributed by atoms with Gasteiger partial charge in [0.1, 0.15) is 5.82 Å². The van der Waals surface area contributed by atoms with Gasteiger partial charge in [0.2, 0.25) is 0 Å². The van der Waals surface area contributed by atoms with Crippen LogP contribution in [0.15, 0.2) is 91.1 Å². The van der Waals surface area contributed by atoms with Crippen molar-refractivity contribution in [3.8, 4) is 11.3 Å². The van der Waals surface area contributed by atoms with Crippen molar-refractivity contribution in [3.05, 3.63) is 114 Å². The average Bonchev–Trinajstić information content (AvgIpc) is 3.34. The zero-order valence-corrected chi connectivity index (χ0v) is 22.2. The van der Waals surface area contributed by atoms with Crippen LogP contribution in [-0.4, -0.2) is 33.4 Å². The van der Waals surface area contributed by atoms with Crippen LogP contribution in [-0.2, 0) is 6.54 Å². The largest absolute Gasteiger partial charge is 0.330 e. The second-order valence-corrected chi connectivity index (χ2v) is 9.80. The third-order valence-corrected chi connectivity index (χ3v) is 7.02. The summed E-state index contributed by atoms with van der Waals surface area (Å²) in [5.41, 5.74) is 10.9. The minimum Gasteiger partial charge on any atom is -0.330 e. The molecular formula is C32H38N4O. The molecule has 0 aliphatic heterocycles. The quantitative estimate of drug-likeness (QED) is 0.259. The molecule has 0 bridgehead atoms. The summed E-state index contributed by atoms with van der Waals surface area (Å²) in [6, 6.07) is 28.3. The van der Waals surface area contributed by atoms with Gasteiger partial charge >= 0.3 is 0 Å². The van der Waals surface area contributed by atoms with Crippen LogP contribution in [0.2, 0.25) is 0 Å². The van der Waals surface area contributed by atoms with Crippen LogP contribution < -0.4 is 5.73 Å². The van der Waals surface area contributed by atoms with Gasteiger partial charge in [-0.2, -0.15) is 0 Å². The number of imidazole rings is 1. The van der Waals surface area contributed by atoms with Crippen molar-refractivity contribution >= 4 is 5.91 Å². The van der Waals surface area contributed by atoms with E-state index in [1.807, 2.05) is 60.4 Å². The molecule has 4 rings (SSSR count). The van der Waals surface area contributed by atoms with Crippen LogP contribution in [0.1, 0.15) is 60.0 Å². The van der Waals surface area contributed by atoms with E-state index in [1.54, 1.807) is 0 Å². The lowest BCUT2D eigenvalue weighted by Crippen LogP contribution is -2.40. The van der Waals surface area contributed by atoms with E-state index in [9.17, 15) is 4.79 Å². The van der Waals surface area contributed by atoms with Gasteiger partial charge in [-0.15, -0.1) is 0 Å². The second-order valence-electron chi connectivity index (χ2n) is 9.80. The van der Waals surface area contributed by atoms with Crippen LogP contribution in [0.25, 0.3) is 11.3 Å². The zero-order valence-electron chi connectivity index (χ0n) is 22.2. The molecule has 5 heteroatoms. The monoisotopic (exact) mass is 494 g/mol. The fourth-order valence-corrected chi connectivity index (χ4v) is 4.74. The number of nitrogens with zero attached hydrogens (tertiary/aromatic N) is 3. The summed E-state index contributed by atoms with van der Waals surface area (Å²) in [6.07, 6.45) is 3.78. The predicted molar refractivity (Wildman–Crippen MR) is 151 cm³/mol. The number of carbonyl (C=O) groups is 1. The van der Waals surface area contributed by atoms with Crippen molar-refractivity contribution in [3.63, 3.8) is 0 Å². The zero-order chi connectivity index (χ0) is 26.2. The number of aromatic nitrogens is 2. The Morgan fingerprint density at radius 1 is 0.973 bits per heavy atom. The third-order valence-electron chi connectivity index (χ3n) is 7.02. The van der Waals surface area contributed by atoms with E-state index >= 15 is 0 Å². The molecule has 3 aromatic carbocycles. The van der Waals surface area contributed by atoms with Crippen molar-refractivity contribution in [1.29, 1.82) is 0 Å². The van der Waals surface area contributed by atoms with E-state index in [2.05, 4.69) is 61.0 Å². The minimum atomic E-state index is -0.188. The highest BCUT2D eigenvalue weighted by Gasteiger charge is 2.33. The lowest BCUT2D eigenvalue weighted by atomic mass is 9.95. The number of hydrogen-bond acceptors (Lipinski definition) is 3. The normalized spacial score (nSPS) is 12.8. The van der Waals surface area contributed by atoms with Crippen molar-refractivity contribution in [1.82, 2.24) is 14.5 Å². The SMILES string of the molecule is CC[C@@H](C)[C@H](c1nc(-c2ccccc2)cn1Cc1ccccc1)N(CCCN)C(=O)c1ccc(C)cc1. The molecule has 4 aromatic rings. The van der Waals surface area contributed by atoms with Crippen molar-refractivity contribution < 1.29 is 4.79 Å². The van der Waals surface area contributed by atoms with Gasteiger partial charge in [0.25, 0.3) is 5.91 Å². The first kappa shape index (κ1) is 26.4. The number of aryl methyl sites for hydroxylation is 1. The summed E-state index contributed by atoms with van der Waals surface area (Å²) in [7, 11) is 0. The van der Waals surface area contributed by atoms with Crippen LogP contribution >= 0.6 is 0 Å². The van der Waals surface area contributed by atoms with Gasteiger partial charge in [0.05, 0.1) is 11.7 Å². The molecule has 0 spiro atoms. The maximum atomic E-state index is 14.0. The maximum Gasteiger partial charge on any atom is 0.254 e. The Morgan fingerprint density at radius 2 is 1.62 bits per heavy atom. The molecule has 37 heavy (non-hydrogen) atoms. The molecule has 0 fully saturated rings. The fourth-order valence-electron chi connectivity index (χ4n) is 4.74. The summed E-state index contributed by atoms with van der Waals surface area (Å²) in [6.45, 7) is 8.22. The highest BCUT2D eigenvalue weighted by molar-refractivity contribution is 5.94. The number of hydrogen-bond donors (Lipinski definition) is 1. The molecule has 2 N–H and O–H groups in total. The highest BCUT2D eigenvalue weighted by atomic mass is 16.2. The van der Waals surface area contributed by atoms with E-state index < -0.39 is 0 Å². The van der Waals surface area contributed by atoms with E-state index in [1.165, 1.54) is 5.56 Å². The van der Waals surface area contributed by atoms with Gasteiger partial charge in [-0.05, 0) is 43.5 Å². The molecule has 1 amide bonds. The number of rotatable bonds is 11. The highest BCUT2D eigenvalue weighted by Crippen LogP contribution is 2.34. The first-order chi connectivity index (χ1) is 18.0. The predicted octanol–water partition coefficient (Wildman–Crippen LogP) is 6.49. The van der Waals surface area contributed by atoms with E-state index in [0.717, 1.165) is 35.5 Å². The van der Waals surface area contributed by atoms with Crippen LogP contribution in [0.5, 0.6) is 0 Å². The molecule has 2 atom stereocenters. The molecule has 5 nitrogen and oxygen atoms in total. The van der Waals surface area contributed by atoms with E-state index in [0.29, 0.717) is 25.2 Å². The molecular weight excluding hydrogens is 456 g/mol. The molecule has 0 unspecified atom stereocenters. The van der Waals surface area contributed by atoms with Gasteiger partial charge in [-0.1, -0.05) is 98.6 Å². The van der Waals surface area contributed by atoms with Gasteiger partial charge in [0.15, 0.2) is 0 Å². The van der Waals surface area contributed by atoms with Crippen molar-refractivity contribution in [2.45, 2.75) is 46.2 Å². The molecule has 1 aromatic heterocycles. The summed E-state index contributed by atoms with van der Waals surface area (Å²) in [4.78, 5) is 21.2. The Hall–Kier alpha value is -3.70. The Labute approximate surface area is 221 Å². The molecule has 1 heterocycles. The molecule has 192 valence electrons. The van der Waals surface area contributed by atoms with Gasteiger partial charge in [-0.3, -0.25) is 4.79 Å². The lowest BCUT2D eigenvalue weighted by Gasteiger charge is -2.35. The molecule has 0 radical (unpaired) electrons. The van der Waals surface area contributed by atoms with Crippen LogP contribution in [0, 0.1) is 12.8 Å².